The second-order valence-electron chi connectivity index (χ2n) is 5.61. The van der Waals surface area contributed by atoms with Crippen LogP contribution < -0.4 is 0 Å². The van der Waals surface area contributed by atoms with E-state index in [4.69, 9.17) is 0 Å². The van der Waals surface area contributed by atoms with Crippen LogP contribution in [0.3, 0.4) is 0 Å². The highest BCUT2D eigenvalue weighted by Gasteiger charge is 2.57. The SMILES string of the molecule is OC(CCCc1cccc(C(F)(F)F)c1)CC(F)(F)C(F)C(F)(F)F. The summed E-state index contributed by atoms with van der Waals surface area (Å²) >= 11 is 0. The first-order valence-electron chi connectivity index (χ1n) is 7.16. The van der Waals surface area contributed by atoms with Gasteiger partial charge >= 0.3 is 12.4 Å². The molecule has 0 bridgehead atoms. The molecule has 1 nitrogen and oxygen atoms in total. The summed E-state index contributed by atoms with van der Waals surface area (Å²) in [7, 11) is 0. The van der Waals surface area contributed by atoms with E-state index in [9.17, 15) is 44.6 Å². The zero-order valence-corrected chi connectivity index (χ0v) is 12.6. The molecule has 0 spiro atoms. The van der Waals surface area contributed by atoms with Crippen molar-refractivity contribution in [3.05, 3.63) is 35.4 Å². The summed E-state index contributed by atoms with van der Waals surface area (Å²) in [5.74, 6) is -4.78. The zero-order chi connectivity index (χ0) is 19.5. The topological polar surface area (TPSA) is 20.2 Å². The molecule has 0 radical (unpaired) electrons. The fraction of sp³-hybridized carbons (Fsp3) is 0.600. The minimum atomic E-state index is -5.75. The van der Waals surface area contributed by atoms with Gasteiger partial charge in [0.2, 0.25) is 0 Å². The molecule has 0 heterocycles. The lowest BCUT2D eigenvalue weighted by molar-refractivity contribution is -0.249. The maximum Gasteiger partial charge on any atom is 0.425 e. The van der Waals surface area contributed by atoms with Gasteiger partial charge in [0.1, 0.15) is 0 Å². The van der Waals surface area contributed by atoms with Crippen LogP contribution in [0.4, 0.5) is 39.5 Å². The van der Waals surface area contributed by atoms with E-state index in [1.54, 1.807) is 0 Å². The van der Waals surface area contributed by atoms with Gasteiger partial charge in [-0.15, -0.1) is 0 Å². The predicted molar refractivity (Wildman–Crippen MR) is 70.9 cm³/mol. The Balaban J connectivity index is 2.54. The van der Waals surface area contributed by atoms with Gasteiger partial charge in [0.25, 0.3) is 12.1 Å². The fourth-order valence-corrected chi connectivity index (χ4v) is 2.20. The Morgan fingerprint density at radius 2 is 1.56 bits per heavy atom. The van der Waals surface area contributed by atoms with Gasteiger partial charge in [0.15, 0.2) is 0 Å². The van der Waals surface area contributed by atoms with Gasteiger partial charge in [-0.2, -0.15) is 26.3 Å². The van der Waals surface area contributed by atoms with Crippen molar-refractivity contribution >= 4 is 0 Å². The average molecular weight is 382 g/mol. The summed E-state index contributed by atoms with van der Waals surface area (Å²) in [6.45, 7) is 0. The quantitative estimate of drug-likeness (QED) is 0.634. The Bertz CT molecular complexity index is 551. The monoisotopic (exact) mass is 382 g/mol. The van der Waals surface area contributed by atoms with Crippen molar-refractivity contribution in [1.29, 1.82) is 0 Å². The number of halogens is 9. The lowest BCUT2D eigenvalue weighted by Gasteiger charge is -2.24. The van der Waals surface area contributed by atoms with Crippen molar-refractivity contribution in [1.82, 2.24) is 0 Å². The first-order valence-corrected chi connectivity index (χ1v) is 7.16. The highest BCUT2D eigenvalue weighted by atomic mass is 19.4. The summed E-state index contributed by atoms with van der Waals surface area (Å²) in [4.78, 5) is 0. The van der Waals surface area contributed by atoms with E-state index in [1.807, 2.05) is 0 Å². The third-order valence-corrected chi connectivity index (χ3v) is 3.42. The molecular formula is C15H15F9O. The molecule has 0 aromatic heterocycles. The summed E-state index contributed by atoms with van der Waals surface area (Å²) in [5.41, 5.74) is -0.671. The van der Waals surface area contributed by atoms with Gasteiger partial charge in [0, 0.05) is 6.42 Å². The molecule has 0 saturated carbocycles. The minimum Gasteiger partial charge on any atom is -0.393 e. The molecule has 1 N–H and O–H groups in total. The molecule has 2 atom stereocenters. The van der Waals surface area contributed by atoms with Crippen LogP contribution in [0.5, 0.6) is 0 Å². The summed E-state index contributed by atoms with van der Waals surface area (Å²) in [5, 5.41) is 9.37. The van der Waals surface area contributed by atoms with E-state index in [0.717, 1.165) is 18.2 Å². The lowest BCUT2D eigenvalue weighted by Crippen LogP contribution is -2.43. The highest BCUT2D eigenvalue weighted by molar-refractivity contribution is 5.25. The van der Waals surface area contributed by atoms with Crippen molar-refractivity contribution in [2.24, 2.45) is 0 Å². The number of hydrogen-bond acceptors (Lipinski definition) is 1. The van der Waals surface area contributed by atoms with Crippen LogP contribution in [0.15, 0.2) is 24.3 Å². The molecule has 25 heavy (non-hydrogen) atoms. The van der Waals surface area contributed by atoms with Crippen LogP contribution in [0.1, 0.15) is 30.4 Å². The number of hydrogen-bond donors (Lipinski definition) is 1. The molecule has 10 heteroatoms. The summed E-state index contributed by atoms with van der Waals surface area (Å²) in [6.07, 6.45) is -18.8. The Kier molecular flexibility index (Phi) is 6.77. The molecule has 0 aliphatic carbocycles. The van der Waals surface area contributed by atoms with E-state index in [-0.39, 0.29) is 18.4 Å². The Morgan fingerprint density at radius 1 is 0.960 bits per heavy atom. The standard InChI is InChI=1S/C15H15F9O/c16-12(15(22,23)24)13(17,18)8-11(25)6-2-4-9-3-1-5-10(7-9)14(19,20)21/h1,3,5,7,11-12,25H,2,4,6,8H2. The third kappa shape index (κ3) is 6.75. The largest absolute Gasteiger partial charge is 0.425 e. The fourth-order valence-electron chi connectivity index (χ4n) is 2.20. The van der Waals surface area contributed by atoms with Crippen LogP contribution in [-0.2, 0) is 12.6 Å². The second kappa shape index (κ2) is 7.84. The van der Waals surface area contributed by atoms with Crippen LogP contribution in [-0.4, -0.2) is 29.5 Å². The molecule has 144 valence electrons. The van der Waals surface area contributed by atoms with Crippen LogP contribution in [0.25, 0.3) is 0 Å². The van der Waals surface area contributed by atoms with Crippen LogP contribution in [0.2, 0.25) is 0 Å². The smallest absolute Gasteiger partial charge is 0.393 e. The molecule has 1 rings (SSSR count). The van der Waals surface area contributed by atoms with Crippen molar-refractivity contribution < 1.29 is 44.6 Å². The Labute approximate surface area is 137 Å². The third-order valence-electron chi connectivity index (χ3n) is 3.42. The van der Waals surface area contributed by atoms with Crippen LogP contribution >= 0.6 is 0 Å². The molecule has 2 unspecified atom stereocenters. The van der Waals surface area contributed by atoms with E-state index in [2.05, 4.69) is 0 Å². The summed E-state index contributed by atoms with van der Waals surface area (Å²) in [6, 6.07) is 4.21. The second-order valence-corrected chi connectivity index (χ2v) is 5.61. The lowest BCUT2D eigenvalue weighted by atomic mass is 9.99. The molecular weight excluding hydrogens is 367 g/mol. The number of aliphatic hydroxyl groups excluding tert-OH is 1. The number of aliphatic hydroxyl groups is 1. The maximum atomic E-state index is 13.1. The van der Waals surface area contributed by atoms with E-state index in [0.29, 0.717) is 0 Å². The van der Waals surface area contributed by atoms with Crippen molar-refractivity contribution in [3.8, 4) is 0 Å². The minimum absolute atomic E-state index is 0.00905. The van der Waals surface area contributed by atoms with Gasteiger partial charge in [-0.25, -0.2) is 13.2 Å². The van der Waals surface area contributed by atoms with E-state index >= 15 is 0 Å². The molecule has 1 aromatic carbocycles. The average Bonchev–Trinajstić information content (AvgIpc) is 2.44. The van der Waals surface area contributed by atoms with Gasteiger partial charge in [0.05, 0.1) is 11.7 Å². The first kappa shape index (κ1) is 21.6. The molecule has 0 aliphatic rings. The number of benzene rings is 1. The van der Waals surface area contributed by atoms with Crippen molar-refractivity contribution in [2.75, 3.05) is 0 Å². The summed E-state index contributed by atoms with van der Waals surface area (Å²) < 4.78 is 112. The molecule has 1 aromatic rings. The van der Waals surface area contributed by atoms with Gasteiger partial charge < -0.3 is 5.11 Å². The normalized spacial score (nSPS) is 15.9. The Hall–Kier alpha value is -1.45. The zero-order valence-electron chi connectivity index (χ0n) is 12.6. The van der Waals surface area contributed by atoms with Crippen LogP contribution in [0, 0.1) is 0 Å². The van der Waals surface area contributed by atoms with E-state index < -0.39 is 49.0 Å². The maximum absolute atomic E-state index is 13.1. The molecule has 0 aliphatic heterocycles. The molecule has 0 amide bonds. The van der Waals surface area contributed by atoms with Gasteiger partial charge in [-0.05, 0) is 30.9 Å². The number of rotatable bonds is 7. The first-order chi connectivity index (χ1) is 11.2. The van der Waals surface area contributed by atoms with Gasteiger partial charge in [-0.1, -0.05) is 18.2 Å². The van der Waals surface area contributed by atoms with Crippen molar-refractivity contribution in [3.63, 3.8) is 0 Å². The predicted octanol–water partition coefficient (Wildman–Crippen LogP) is 5.31. The Morgan fingerprint density at radius 3 is 2.08 bits per heavy atom. The van der Waals surface area contributed by atoms with Gasteiger partial charge in [-0.3, -0.25) is 0 Å². The highest BCUT2D eigenvalue weighted by Crippen LogP contribution is 2.38. The van der Waals surface area contributed by atoms with E-state index in [1.165, 1.54) is 6.07 Å². The number of aryl methyl sites for hydroxylation is 1. The molecule has 0 saturated heterocycles. The molecule has 0 fully saturated rings. The number of alkyl halides is 9. The van der Waals surface area contributed by atoms with Crippen molar-refractivity contribution in [2.45, 2.75) is 56.2 Å².